The zero-order valence-electron chi connectivity index (χ0n) is 19.7. The molecule has 0 spiro atoms. The van der Waals surface area contributed by atoms with Crippen LogP contribution < -0.4 is 5.32 Å². The van der Waals surface area contributed by atoms with Gasteiger partial charge in [-0.1, -0.05) is 48.3 Å². The number of rotatable bonds is 9. The van der Waals surface area contributed by atoms with Crippen LogP contribution in [0.1, 0.15) is 52.0 Å². The van der Waals surface area contributed by atoms with Crippen LogP contribution in [0.15, 0.2) is 30.4 Å². The third-order valence-electron chi connectivity index (χ3n) is 6.71. The fourth-order valence-electron chi connectivity index (χ4n) is 4.34. The zero-order chi connectivity index (χ0) is 25.0. The van der Waals surface area contributed by atoms with Crippen LogP contribution in [0.4, 0.5) is 0 Å². The summed E-state index contributed by atoms with van der Waals surface area (Å²) >= 11 is 12.7. The van der Waals surface area contributed by atoms with Crippen molar-refractivity contribution in [1.29, 1.82) is 0 Å². The van der Waals surface area contributed by atoms with Gasteiger partial charge in [-0.05, 0) is 45.2 Å². The van der Waals surface area contributed by atoms with Crippen molar-refractivity contribution in [1.82, 2.24) is 15.1 Å². The van der Waals surface area contributed by atoms with E-state index < -0.39 is 6.04 Å². The summed E-state index contributed by atoms with van der Waals surface area (Å²) in [4.78, 5) is 54.3. The van der Waals surface area contributed by atoms with Crippen LogP contribution >= 0.6 is 23.2 Å². The van der Waals surface area contributed by atoms with Gasteiger partial charge in [0.1, 0.15) is 6.04 Å². The average molecular weight is 508 g/mol. The molecule has 0 bridgehead atoms. The van der Waals surface area contributed by atoms with Crippen molar-refractivity contribution in [2.75, 3.05) is 6.54 Å². The Morgan fingerprint density at radius 3 is 2.18 bits per heavy atom. The number of halogens is 2. The first-order chi connectivity index (χ1) is 16.1. The minimum absolute atomic E-state index is 0.0179. The van der Waals surface area contributed by atoms with Crippen molar-refractivity contribution >= 4 is 46.8 Å². The fourth-order valence-corrected chi connectivity index (χ4v) is 4.86. The Balaban J connectivity index is 1.76. The van der Waals surface area contributed by atoms with Gasteiger partial charge in [-0.15, -0.1) is 0 Å². The molecule has 3 rings (SSSR count). The Bertz CT molecular complexity index is 950. The molecule has 1 fully saturated rings. The first-order valence-electron chi connectivity index (χ1n) is 11.7. The highest BCUT2D eigenvalue weighted by molar-refractivity contribution is 6.36. The van der Waals surface area contributed by atoms with E-state index in [4.69, 9.17) is 23.2 Å². The Morgan fingerprint density at radius 1 is 1.09 bits per heavy atom. The van der Waals surface area contributed by atoms with Gasteiger partial charge in [0.15, 0.2) is 0 Å². The number of nitrogens with one attached hydrogen (secondary N) is 1. The molecule has 7 nitrogen and oxygen atoms in total. The van der Waals surface area contributed by atoms with E-state index in [0.29, 0.717) is 28.5 Å². The summed E-state index contributed by atoms with van der Waals surface area (Å²) in [5, 5.41) is 3.68. The molecule has 4 amide bonds. The first-order valence-corrected chi connectivity index (χ1v) is 12.4. The Kier molecular flexibility index (Phi) is 8.77. The van der Waals surface area contributed by atoms with E-state index in [1.54, 1.807) is 25.1 Å². The number of carbonyl (C=O) groups excluding carboxylic acids is 4. The molecule has 1 N–H and O–H groups in total. The molecule has 4 atom stereocenters. The van der Waals surface area contributed by atoms with Crippen LogP contribution in [0.25, 0.3) is 0 Å². The van der Waals surface area contributed by atoms with Crippen LogP contribution in [0.2, 0.25) is 10.0 Å². The molecule has 2 aliphatic rings. The monoisotopic (exact) mass is 507 g/mol. The average Bonchev–Trinajstić information content (AvgIpc) is 3.06. The zero-order valence-corrected chi connectivity index (χ0v) is 21.2. The highest BCUT2D eigenvalue weighted by Crippen LogP contribution is 2.35. The number of hydrogen-bond donors (Lipinski definition) is 1. The van der Waals surface area contributed by atoms with Gasteiger partial charge in [0, 0.05) is 41.2 Å². The molecule has 1 aliphatic heterocycles. The summed E-state index contributed by atoms with van der Waals surface area (Å²) in [7, 11) is 0. The van der Waals surface area contributed by atoms with Crippen molar-refractivity contribution in [2.24, 2.45) is 11.8 Å². The molecule has 1 aromatic rings. The summed E-state index contributed by atoms with van der Waals surface area (Å²) in [6, 6.07) is 4.20. The topological polar surface area (TPSA) is 86.8 Å². The van der Waals surface area contributed by atoms with Crippen molar-refractivity contribution in [3.63, 3.8) is 0 Å². The molecule has 0 aromatic heterocycles. The van der Waals surface area contributed by atoms with Gasteiger partial charge >= 0.3 is 0 Å². The number of likely N-dealkylation sites (tertiary alicyclic amines) is 1. The van der Waals surface area contributed by atoms with E-state index in [1.807, 2.05) is 26.0 Å². The molecule has 1 aromatic carbocycles. The summed E-state index contributed by atoms with van der Waals surface area (Å²) in [6.45, 7) is 5.51. The maximum atomic E-state index is 13.4. The number of fused-ring (bicyclic) bond motifs is 1. The molecular weight excluding hydrogens is 477 g/mol. The largest absolute Gasteiger partial charge is 0.352 e. The van der Waals surface area contributed by atoms with E-state index in [-0.39, 0.29) is 61.0 Å². The number of imide groups is 1. The summed E-state index contributed by atoms with van der Waals surface area (Å²) in [6.07, 6.45) is 5.60. The lowest BCUT2D eigenvalue weighted by Crippen LogP contribution is -2.50. The number of amides is 4. The van der Waals surface area contributed by atoms with Gasteiger partial charge in [0.05, 0.1) is 11.8 Å². The molecule has 1 heterocycles. The number of carbonyl (C=O) groups is 4. The second-order valence-corrected chi connectivity index (χ2v) is 9.76. The van der Waals surface area contributed by atoms with Gasteiger partial charge in [0.25, 0.3) is 0 Å². The normalized spacial score (nSPS) is 21.3. The van der Waals surface area contributed by atoms with Crippen molar-refractivity contribution in [3.8, 4) is 0 Å². The number of benzene rings is 1. The fraction of sp³-hybridized carbons (Fsp3) is 0.520. The maximum absolute atomic E-state index is 13.4. The Hall–Kier alpha value is -2.38. The van der Waals surface area contributed by atoms with Crippen LogP contribution in [-0.2, 0) is 25.7 Å². The van der Waals surface area contributed by atoms with Gasteiger partial charge in [-0.3, -0.25) is 24.1 Å². The lowest BCUT2D eigenvalue weighted by atomic mass is 9.85. The first kappa shape index (κ1) is 26.2. The standard InChI is InChI=1S/C25H31Cl2N3O4/c1-4-15(2)28-23(32)16(3)30(14-19-20(26)10-7-11-21(19)27)22(31)12-13-29-24(33)17-8-5-6-9-18(17)25(29)34/h5-7,10-11,15-18H,4,8-9,12-14H2,1-3H3,(H,28,32)/t15?,16?,17-,18+. The molecule has 9 heteroatoms. The minimum Gasteiger partial charge on any atom is -0.352 e. The molecule has 1 saturated heterocycles. The smallest absolute Gasteiger partial charge is 0.242 e. The van der Waals surface area contributed by atoms with E-state index in [1.165, 1.54) is 9.80 Å². The van der Waals surface area contributed by atoms with Gasteiger partial charge in [-0.25, -0.2) is 0 Å². The summed E-state index contributed by atoms with van der Waals surface area (Å²) < 4.78 is 0. The minimum atomic E-state index is -0.800. The molecule has 34 heavy (non-hydrogen) atoms. The number of nitrogens with zero attached hydrogens (tertiary/aromatic N) is 2. The summed E-state index contributed by atoms with van der Waals surface area (Å²) in [5.74, 6) is -1.80. The highest BCUT2D eigenvalue weighted by Gasteiger charge is 2.47. The molecule has 1 aliphatic carbocycles. The van der Waals surface area contributed by atoms with E-state index in [0.717, 1.165) is 6.42 Å². The molecule has 2 unspecified atom stereocenters. The quantitative estimate of drug-likeness (QED) is 0.404. The maximum Gasteiger partial charge on any atom is 0.242 e. The van der Waals surface area contributed by atoms with Crippen LogP contribution in [0.5, 0.6) is 0 Å². The third-order valence-corrected chi connectivity index (χ3v) is 7.41. The molecule has 184 valence electrons. The molecular formula is C25H31Cl2N3O4. The summed E-state index contributed by atoms with van der Waals surface area (Å²) in [5.41, 5.74) is 0.535. The van der Waals surface area contributed by atoms with Crippen molar-refractivity contribution in [3.05, 3.63) is 46.0 Å². The Labute approximate surface area is 210 Å². The van der Waals surface area contributed by atoms with Gasteiger partial charge in [-0.2, -0.15) is 0 Å². The molecule has 0 radical (unpaired) electrons. The van der Waals surface area contributed by atoms with Gasteiger partial charge < -0.3 is 10.2 Å². The lowest BCUT2D eigenvalue weighted by molar-refractivity contribution is -0.143. The number of hydrogen-bond acceptors (Lipinski definition) is 4. The van der Waals surface area contributed by atoms with Crippen LogP contribution in [0, 0.1) is 11.8 Å². The van der Waals surface area contributed by atoms with E-state index in [2.05, 4.69) is 5.32 Å². The van der Waals surface area contributed by atoms with Crippen molar-refractivity contribution < 1.29 is 19.2 Å². The number of allylic oxidation sites excluding steroid dienone is 2. The SMILES string of the molecule is CCC(C)NC(=O)C(C)N(Cc1c(Cl)cccc1Cl)C(=O)CCN1C(=O)[C@H]2CC=CC[C@H]2C1=O. The second kappa shape index (κ2) is 11.4. The van der Waals surface area contributed by atoms with Crippen LogP contribution in [-0.4, -0.2) is 52.1 Å². The molecule has 0 saturated carbocycles. The highest BCUT2D eigenvalue weighted by atomic mass is 35.5. The predicted octanol–water partition coefficient (Wildman–Crippen LogP) is 3.97. The Morgan fingerprint density at radius 2 is 1.65 bits per heavy atom. The van der Waals surface area contributed by atoms with Crippen LogP contribution in [0.3, 0.4) is 0 Å². The van der Waals surface area contributed by atoms with E-state index in [9.17, 15) is 19.2 Å². The third kappa shape index (κ3) is 5.63. The second-order valence-electron chi connectivity index (χ2n) is 8.95. The van der Waals surface area contributed by atoms with Crippen molar-refractivity contribution in [2.45, 2.75) is 65.1 Å². The predicted molar refractivity (Wildman–Crippen MR) is 131 cm³/mol. The lowest BCUT2D eigenvalue weighted by Gasteiger charge is -2.30. The van der Waals surface area contributed by atoms with Gasteiger partial charge in [0.2, 0.25) is 23.6 Å². The van der Waals surface area contributed by atoms with E-state index >= 15 is 0 Å².